The molecule has 0 atom stereocenters. The Morgan fingerprint density at radius 2 is 1.42 bits per heavy atom. The van der Waals surface area contributed by atoms with Crippen LogP contribution in [0.5, 0.6) is 0 Å². The zero-order valence-electron chi connectivity index (χ0n) is 12.3. The fraction of sp³-hybridized carbons (Fsp3) is 0.0667. The summed E-state index contributed by atoms with van der Waals surface area (Å²) in [5, 5.41) is 25.6. The van der Waals surface area contributed by atoms with Crippen LogP contribution in [0.25, 0.3) is 11.4 Å². The van der Waals surface area contributed by atoms with Crippen LogP contribution in [0.4, 0.5) is 11.4 Å². The normalized spacial score (nSPS) is 10.5. The topological polar surface area (TPSA) is 117 Å². The molecular formula is C15H11N5O4. The van der Waals surface area contributed by atoms with Gasteiger partial charge in [0.2, 0.25) is 0 Å². The Hall–Kier alpha value is -3.62. The number of hydrogen-bond donors (Lipinski definition) is 0. The number of benzene rings is 2. The number of hydrogen-bond acceptors (Lipinski definition) is 6. The van der Waals surface area contributed by atoms with E-state index >= 15 is 0 Å². The Morgan fingerprint density at radius 3 is 1.96 bits per heavy atom. The SMILES string of the molecule is O=[N+]([O-])c1ccc(Cn2cnc(-c3ccc([N+](=O)[O-])cc3)n2)cc1. The summed E-state index contributed by atoms with van der Waals surface area (Å²) in [6.45, 7) is 0.415. The molecule has 0 N–H and O–H groups in total. The van der Waals surface area contributed by atoms with E-state index in [0.29, 0.717) is 17.9 Å². The number of nitro benzene ring substituents is 2. The van der Waals surface area contributed by atoms with E-state index in [1.165, 1.54) is 30.6 Å². The minimum atomic E-state index is -0.468. The van der Waals surface area contributed by atoms with Crippen LogP contribution < -0.4 is 0 Å². The second-order valence-corrected chi connectivity index (χ2v) is 4.99. The third-order valence-electron chi connectivity index (χ3n) is 3.36. The molecule has 9 nitrogen and oxygen atoms in total. The van der Waals surface area contributed by atoms with Crippen LogP contribution in [0.15, 0.2) is 54.9 Å². The average Bonchev–Trinajstić information content (AvgIpc) is 3.04. The van der Waals surface area contributed by atoms with Crippen LogP contribution in [-0.2, 0) is 6.54 Å². The third-order valence-corrected chi connectivity index (χ3v) is 3.36. The molecule has 0 radical (unpaired) electrons. The molecule has 0 aliphatic rings. The number of non-ortho nitro benzene ring substituents is 2. The van der Waals surface area contributed by atoms with Crippen molar-refractivity contribution >= 4 is 11.4 Å². The van der Waals surface area contributed by atoms with E-state index < -0.39 is 9.85 Å². The molecule has 0 amide bonds. The van der Waals surface area contributed by atoms with Crippen molar-refractivity contribution in [2.24, 2.45) is 0 Å². The highest BCUT2D eigenvalue weighted by atomic mass is 16.6. The minimum Gasteiger partial charge on any atom is -0.258 e. The molecule has 0 saturated heterocycles. The predicted octanol–water partition coefficient (Wildman–Crippen LogP) is 2.81. The number of nitrogens with zero attached hydrogens (tertiary/aromatic N) is 5. The first-order chi connectivity index (χ1) is 11.5. The lowest BCUT2D eigenvalue weighted by Gasteiger charge is -2.01. The Kier molecular flexibility index (Phi) is 3.98. The molecule has 3 aromatic rings. The fourth-order valence-electron chi connectivity index (χ4n) is 2.15. The van der Waals surface area contributed by atoms with Gasteiger partial charge >= 0.3 is 0 Å². The van der Waals surface area contributed by atoms with Crippen LogP contribution in [-0.4, -0.2) is 24.6 Å². The van der Waals surface area contributed by atoms with Crippen molar-refractivity contribution in [2.45, 2.75) is 6.54 Å². The molecule has 2 aromatic carbocycles. The lowest BCUT2D eigenvalue weighted by molar-refractivity contribution is -0.385. The summed E-state index contributed by atoms with van der Waals surface area (Å²) in [6, 6.07) is 12.1. The lowest BCUT2D eigenvalue weighted by atomic mass is 10.2. The van der Waals surface area contributed by atoms with Crippen molar-refractivity contribution in [1.29, 1.82) is 0 Å². The van der Waals surface area contributed by atoms with Crippen molar-refractivity contribution in [3.63, 3.8) is 0 Å². The van der Waals surface area contributed by atoms with Crippen molar-refractivity contribution in [1.82, 2.24) is 14.8 Å². The Morgan fingerprint density at radius 1 is 0.875 bits per heavy atom. The summed E-state index contributed by atoms with van der Waals surface area (Å²) in [5.74, 6) is 0.451. The Labute approximate surface area is 135 Å². The van der Waals surface area contributed by atoms with Gasteiger partial charge in [-0.15, -0.1) is 0 Å². The summed E-state index contributed by atoms with van der Waals surface area (Å²) in [7, 11) is 0. The molecule has 1 heterocycles. The van der Waals surface area contributed by atoms with E-state index in [1.54, 1.807) is 28.9 Å². The van der Waals surface area contributed by atoms with Crippen molar-refractivity contribution in [3.8, 4) is 11.4 Å². The summed E-state index contributed by atoms with van der Waals surface area (Å²) < 4.78 is 1.60. The van der Waals surface area contributed by atoms with E-state index in [-0.39, 0.29) is 11.4 Å². The zero-order valence-corrected chi connectivity index (χ0v) is 12.3. The molecule has 1 aromatic heterocycles. The van der Waals surface area contributed by atoms with Crippen LogP contribution >= 0.6 is 0 Å². The van der Waals surface area contributed by atoms with Gasteiger partial charge in [0.1, 0.15) is 6.33 Å². The monoisotopic (exact) mass is 325 g/mol. The maximum atomic E-state index is 10.7. The number of rotatable bonds is 5. The molecule has 0 fully saturated rings. The highest BCUT2D eigenvalue weighted by molar-refractivity contribution is 5.56. The highest BCUT2D eigenvalue weighted by Crippen LogP contribution is 2.19. The lowest BCUT2D eigenvalue weighted by Crippen LogP contribution is -2.00. The largest absolute Gasteiger partial charge is 0.269 e. The van der Waals surface area contributed by atoms with E-state index in [4.69, 9.17) is 0 Å². The standard InChI is InChI=1S/C15H11N5O4/c21-19(22)13-5-1-11(2-6-13)9-18-10-16-15(17-18)12-3-7-14(8-4-12)20(23)24/h1-8,10H,9H2. The summed E-state index contributed by atoms with van der Waals surface area (Å²) >= 11 is 0. The third kappa shape index (κ3) is 3.24. The van der Waals surface area contributed by atoms with Crippen LogP contribution in [0.3, 0.4) is 0 Å². The van der Waals surface area contributed by atoms with Gasteiger partial charge in [-0.25, -0.2) is 9.67 Å². The summed E-state index contributed by atoms with van der Waals surface area (Å²) in [5.41, 5.74) is 1.55. The molecule has 0 spiro atoms. The first-order valence-corrected chi connectivity index (χ1v) is 6.90. The van der Waals surface area contributed by atoms with Gasteiger partial charge in [-0.2, -0.15) is 5.10 Å². The highest BCUT2D eigenvalue weighted by Gasteiger charge is 2.09. The van der Waals surface area contributed by atoms with E-state index in [9.17, 15) is 20.2 Å². The predicted molar refractivity (Wildman–Crippen MR) is 84.3 cm³/mol. The minimum absolute atomic E-state index is 0.00376. The second-order valence-electron chi connectivity index (χ2n) is 4.99. The first-order valence-electron chi connectivity index (χ1n) is 6.90. The van der Waals surface area contributed by atoms with E-state index in [0.717, 1.165) is 5.56 Å². The molecule has 9 heteroatoms. The molecule has 120 valence electrons. The van der Waals surface area contributed by atoms with Crippen LogP contribution in [0.1, 0.15) is 5.56 Å². The van der Waals surface area contributed by atoms with Gasteiger partial charge in [0.15, 0.2) is 5.82 Å². The van der Waals surface area contributed by atoms with E-state index in [2.05, 4.69) is 10.1 Å². The van der Waals surface area contributed by atoms with Crippen molar-refractivity contribution in [3.05, 3.63) is 80.7 Å². The molecule has 24 heavy (non-hydrogen) atoms. The zero-order chi connectivity index (χ0) is 17.1. The summed E-state index contributed by atoms with van der Waals surface area (Å²) in [6.07, 6.45) is 1.54. The molecule has 3 rings (SSSR count). The van der Waals surface area contributed by atoms with Gasteiger partial charge in [-0.05, 0) is 17.7 Å². The van der Waals surface area contributed by atoms with Crippen molar-refractivity contribution in [2.75, 3.05) is 0 Å². The quantitative estimate of drug-likeness (QED) is 0.526. The molecule has 0 bridgehead atoms. The molecule has 0 aliphatic heterocycles. The average molecular weight is 325 g/mol. The molecular weight excluding hydrogens is 314 g/mol. The van der Waals surface area contributed by atoms with E-state index in [1.807, 2.05) is 0 Å². The summed E-state index contributed by atoms with van der Waals surface area (Å²) in [4.78, 5) is 24.5. The van der Waals surface area contributed by atoms with Gasteiger partial charge in [-0.1, -0.05) is 12.1 Å². The second kappa shape index (κ2) is 6.24. The molecule has 0 aliphatic carbocycles. The Bertz CT molecular complexity index is 887. The smallest absolute Gasteiger partial charge is 0.258 e. The first kappa shape index (κ1) is 15.3. The van der Waals surface area contributed by atoms with Gasteiger partial charge in [0, 0.05) is 29.8 Å². The van der Waals surface area contributed by atoms with Crippen molar-refractivity contribution < 1.29 is 9.85 Å². The molecule has 0 saturated carbocycles. The van der Waals surface area contributed by atoms with Crippen LogP contribution in [0, 0.1) is 20.2 Å². The van der Waals surface area contributed by atoms with Gasteiger partial charge in [-0.3, -0.25) is 20.2 Å². The van der Waals surface area contributed by atoms with Crippen LogP contribution in [0.2, 0.25) is 0 Å². The fourth-order valence-corrected chi connectivity index (χ4v) is 2.15. The van der Waals surface area contributed by atoms with Gasteiger partial charge in [0.05, 0.1) is 16.4 Å². The number of nitro groups is 2. The maximum absolute atomic E-state index is 10.7. The van der Waals surface area contributed by atoms with Gasteiger partial charge < -0.3 is 0 Å². The molecule has 0 unspecified atom stereocenters. The van der Waals surface area contributed by atoms with Gasteiger partial charge in [0.25, 0.3) is 11.4 Å². The Balaban J connectivity index is 1.75. The maximum Gasteiger partial charge on any atom is 0.269 e. The number of aromatic nitrogens is 3.